The number of carbonyl (C=O) groups excluding carboxylic acids is 1. The van der Waals surface area contributed by atoms with Crippen LogP contribution in [0.2, 0.25) is 0 Å². The lowest BCUT2D eigenvalue weighted by molar-refractivity contribution is -0.119. The number of benzene rings is 2. The third kappa shape index (κ3) is 2.86. The molecule has 9 heteroatoms. The van der Waals surface area contributed by atoms with E-state index in [9.17, 15) is 14.0 Å². The van der Waals surface area contributed by atoms with Gasteiger partial charge in [0.25, 0.3) is 5.56 Å². The van der Waals surface area contributed by atoms with Gasteiger partial charge >= 0.3 is 0 Å². The topological polar surface area (TPSA) is 85.9 Å². The molecule has 0 bridgehead atoms. The number of amides is 1. The lowest BCUT2D eigenvalue weighted by atomic mass is 10.1. The molecule has 0 saturated carbocycles. The van der Waals surface area contributed by atoms with Crippen LogP contribution in [0.5, 0.6) is 0 Å². The van der Waals surface area contributed by atoms with Crippen LogP contribution in [0.15, 0.2) is 59.5 Å². The molecule has 5 rings (SSSR count). The average Bonchev–Trinajstić information content (AvgIpc) is 3.31. The summed E-state index contributed by atoms with van der Waals surface area (Å²) in [6.07, 6.45) is 2.15. The minimum absolute atomic E-state index is 0.00326. The zero-order valence-electron chi connectivity index (χ0n) is 16.1. The second-order valence-corrected chi connectivity index (χ2v) is 7.27. The van der Waals surface area contributed by atoms with Crippen LogP contribution in [-0.4, -0.2) is 36.7 Å². The van der Waals surface area contributed by atoms with Crippen molar-refractivity contribution in [2.75, 3.05) is 4.90 Å². The lowest BCUT2D eigenvalue weighted by Gasteiger charge is -2.22. The molecular weight excluding hydrogens is 387 g/mol. The molecule has 0 N–H and O–H groups in total. The third-order valence-corrected chi connectivity index (χ3v) is 5.29. The van der Waals surface area contributed by atoms with Gasteiger partial charge in [-0.3, -0.25) is 9.59 Å². The van der Waals surface area contributed by atoms with E-state index in [-0.39, 0.29) is 35.3 Å². The predicted octanol–water partition coefficient (Wildman–Crippen LogP) is 2.09. The van der Waals surface area contributed by atoms with Gasteiger partial charge in [0, 0.05) is 11.7 Å². The molecule has 1 aliphatic heterocycles. The Morgan fingerprint density at radius 2 is 1.93 bits per heavy atom. The number of fused-ring (bicyclic) bond motifs is 2. The van der Waals surface area contributed by atoms with Crippen molar-refractivity contribution in [2.24, 2.45) is 0 Å². The second-order valence-electron chi connectivity index (χ2n) is 7.27. The third-order valence-electron chi connectivity index (χ3n) is 5.29. The summed E-state index contributed by atoms with van der Waals surface area (Å²) in [6, 6.07) is 13.4. The Kier molecular flexibility index (Phi) is 4.16. The van der Waals surface area contributed by atoms with Gasteiger partial charge in [-0.25, -0.2) is 13.8 Å². The summed E-state index contributed by atoms with van der Waals surface area (Å²) in [7, 11) is 0. The molecular formula is C21H17FN6O2. The minimum Gasteiger partial charge on any atom is -0.307 e. The van der Waals surface area contributed by atoms with Crippen molar-refractivity contribution >= 4 is 22.6 Å². The smallest absolute Gasteiger partial charge is 0.281 e. The number of hydrogen-bond acceptors (Lipinski definition) is 5. The van der Waals surface area contributed by atoms with Crippen LogP contribution in [-0.2, 0) is 17.8 Å². The van der Waals surface area contributed by atoms with Crippen LogP contribution in [0.25, 0.3) is 16.7 Å². The Morgan fingerprint density at radius 3 is 2.73 bits per heavy atom. The molecule has 8 nitrogen and oxygen atoms in total. The standard InChI is InChI=1S/C21H17FN6O2/c1-13-10-14-4-2-3-5-18(14)27(13)19(29)12-26-21(30)17-11-23-28(20(17)24-25-26)16-8-6-15(22)7-9-16/h2-9,11,13H,10,12H2,1H3/t13-/m1/s1. The molecule has 2 aromatic heterocycles. The monoisotopic (exact) mass is 404 g/mol. The van der Waals surface area contributed by atoms with Crippen LogP contribution >= 0.6 is 0 Å². The summed E-state index contributed by atoms with van der Waals surface area (Å²) in [4.78, 5) is 27.6. The molecule has 1 aliphatic rings. The first-order valence-corrected chi connectivity index (χ1v) is 9.50. The molecule has 0 aliphatic carbocycles. The quantitative estimate of drug-likeness (QED) is 0.522. The van der Waals surface area contributed by atoms with E-state index in [0.29, 0.717) is 5.69 Å². The number of aromatic nitrogens is 5. The van der Waals surface area contributed by atoms with Gasteiger partial charge < -0.3 is 4.90 Å². The zero-order valence-corrected chi connectivity index (χ0v) is 16.1. The fraction of sp³-hybridized carbons (Fsp3) is 0.190. The van der Waals surface area contributed by atoms with Crippen molar-refractivity contribution in [3.05, 3.63) is 76.5 Å². The molecule has 3 heterocycles. The summed E-state index contributed by atoms with van der Waals surface area (Å²) in [5.74, 6) is -0.603. The largest absolute Gasteiger partial charge is 0.307 e. The van der Waals surface area contributed by atoms with Crippen LogP contribution in [0.4, 0.5) is 10.1 Å². The van der Waals surface area contributed by atoms with Gasteiger partial charge in [0.2, 0.25) is 5.91 Å². The Labute approximate surface area is 170 Å². The normalized spacial score (nSPS) is 15.5. The van der Waals surface area contributed by atoms with Gasteiger partial charge in [-0.2, -0.15) is 5.10 Å². The first-order chi connectivity index (χ1) is 14.5. The van der Waals surface area contributed by atoms with Crippen molar-refractivity contribution in [1.82, 2.24) is 24.8 Å². The number of anilines is 1. The highest BCUT2D eigenvalue weighted by atomic mass is 19.1. The summed E-state index contributed by atoms with van der Waals surface area (Å²) in [5, 5.41) is 12.5. The van der Waals surface area contributed by atoms with Gasteiger partial charge in [0.15, 0.2) is 5.65 Å². The first-order valence-electron chi connectivity index (χ1n) is 9.50. The summed E-state index contributed by atoms with van der Waals surface area (Å²) < 4.78 is 15.6. The van der Waals surface area contributed by atoms with Crippen molar-refractivity contribution < 1.29 is 9.18 Å². The Bertz CT molecular complexity index is 1330. The lowest BCUT2D eigenvalue weighted by Crippen LogP contribution is -2.40. The van der Waals surface area contributed by atoms with E-state index in [1.165, 1.54) is 35.1 Å². The van der Waals surface area contributed by atoms with E-state index >= 15 is 0 Å². The molecule has 0 spiro atoms. The highest BCUT2D eigenvalue weighted by Crippen LogP contribution is 2.31. The molecule has 1 amide bonds. The van der Waals surface area contributed by atoms with Gasteiger partial charge in [0.1, 0.15) is 17.7 Å². The Hall–Kier alpha value is -3.88. The first kappa shape index (κ1) is 18.2. The summed E-state index contributed by atoms with van der Waals surface area (Å²) in [6.45, 7) is 1.75. The van der Waals surface area contributed by atoms with E-state index < -0.39 is 5.56 Å². The molecule has 30 heavy (non-hydrogen) atoms. The number of carbonyl (C=O) groups is 1. The van der Waals surface area contributed by atoms with Gasteiger partial charge in [-0.15, -0.1) is 5.10 Å². The SMILES string of the molecule is C[C@@H]1Cc2ccccc2N1C(=O)Cn1nnc2c(cnn2-c2ccc(F)cc2)c1=O. The molecule has 1 atom stereocenters. The number of nitrogens with zero attached hydrogens (tertiary/aromatic N) is 6. The molecule has 4 aromatic rings. The summed E-state index contributed by atoms with van der Waals surface area (Å²) >= 11 is 0. The molecule has 0 fully saturated rings. The molecule has 0 unspecified atom stereocenters. The van der Waals surface area contributed by atoms with Crippen LogP contribution < -0.4 is 10.5 Å². The fourth-order valence-electron chi connectivity index (χ4n) is 3.89. The molecule has 150 valence electrons. The number of para-hydroxylation sites is 1. The van der Waals surface area contributed by atoms with E-state index in [1.54, 1.807) is 4.90 Å². The van der Waals surface area contributed by atoms with E-state index in [1.807, 2.05) is 31.2 Å². The maximum Gasteiger partial charge on any atom is 0.281 e. The van der Waals surface area contributed by atoms with Crippen LogP contribution in [0, 0.1) is 5.82 Å². The highest BCUT2D eigenvalue weighted by molar-refractivity contribution is 5.96. The van der Waals surface area contributed by atoms with Crippen LogP contribution in [0.3, 0.4) is 0 Å². The number of halogens is 1. The number of hydrogen-bond donors (Lipinski definition) is 0. The highest BCUT2D eigenvalue weighted by Gasteiger charge is 2.31. The van der Waals surface area contributed by atoms with Gasteiger partial charge in [-0.05, 0) is 49.2 Å². The van der Waals surface area contributed by atoms with Gasteiger partial charge in [-0.1, -0.05) is 23.4 Å². The van der Waals surface area contributed by atoms with Crippen molar-refractivity contribution in [2.45, 2.75) is 25.9 Å². The molecule has 2 aromatic carbocycles. The second kappa shape index (κ2) is 6.87. The molecule has 0 saturated heterocycles. The van der Waals surface area contributed by atoms with E-state index in [0.717, 1.165) is 22.4 Å². The average molecular weight is 404 g/mol. The fourth-order valence-corrected chi connectivity index (χ4v) is 3.89. The zero-order chi connectivity index (χ0) is 20.8. The maximum atomic E-state index is 13.2. The van der Waals surface area contributed by atoms with Crippen LogP contribution in [0.1, 0.15) is 12.5 Å². The predicted molar refractivity (Wildman–Crippen MR) is 108 cm³/mol. The van der Waals surface area contributed by atoms with Gasteiger partial charge in [0.05, 0.1) is 11.9 Å². The van der Waals surface area contributed by atoms with E-state index in [2.05, 4.69) is 15.4 Å². The minimum atomic E-state index is -0.457. The Morgan fingerprint density at radius 1 is 1.17 bits per heavy atom. The molecule has 0 radical (unpaired) electrons. The number of rotatable bonds is 3. The Balaban J connectivity index is 1.47. The summed E-state index contributed by atoms with van der Waals surface area (Å²) in [5.41, 5.74) is 2.31. The van der Waals surface area contributed by atoms with Crippen molar-refractivity contribution in [3.8, 4) is 5.69 Å². The van der Waals surface area contributed by atoms with E-state index in [4.69, 9.17) is 0 Å². The van der Waals surface area contributed by atoms with Crippen molar-refractivity contribution in [3.63, 3.8) is 0 Å². The van der Waals surface area contributed by atoms with Crippen molar-refractivity contribution in [1.29, 1.82) is 0 Å². The maximum absolute atomic E-state index is 13.2.